The van der Waals surface area contributed by atoms with E-state index in [1.807, 2.05) is 13.0 Å². The first-order valence-electron chi connectivity index (χ1n) is 4.26. The van der Waals surface area contributed by atoms with Gasteiger partial charge in [0, 0.05) is 0 Å². The van der Waals surface area contributed by atoms with Crippen LogP contribution in [-0.4, -0.2) is 11.7 Å². The van der Waals surface area contributed by atoms with E-state index in [4.69, 9.17) is 4.74 Å². The maximum absolute atomic E-state index is 9.63. The van der Waals surface area contributed by atoms with E-state index < -0.39 is 0 Å². The molecular weight excluding hydrogens is 311 g/mol. The Bertz CT molecular complexity index is 464. The summed E-state index contributed by atoms with van der Waals surface area (Å²) in [5.41, 5.74) is 0. The van der Waals surface area contributed by atoms with Gasteiger partial charge in [0.05, 0.1) is 14.2 Å². The smallest absolute Gasteiger partial charge is 0.178 e. The van der Waals surface area contributed by atoms with Crippen molar-refractivity contribution >= 4 is 44.0 Å². The average Bonchev–Trinajstić information content (AvgIpc) is 2.51. The second-order valence-corrected chi connectivity index (χ2v) is 5.76. The van der Waals surface area contributed by atoms with E-state index in [0.29, 0.717) is 12.4 Å². The lowest BCUT2D eigenvalue weighted by atomic mass is 10.2. The summed E-state index contributed by atoms with van der Waals surface area (Å²) in [5, 5.41) is 10.8. The summed E-state index contributed by atoms with van der Waals surface area (Å²) in [6.45, 7) is 2.48. The molecule has 2 aromatic rings. The highest BCUT2D eigenvalue weighted by Crippen LogP contribution is 2.40. The molecular formula is C10H9IO2S. The fourth-order valence-electron chi connectivity index (χ4n) is 1.32. The molecule has 4 heteroatoms. The van der Waals surface area contributed by atoms with E-state index in [0.717, 1.165) is 10.1 Å². The van der Waals surface area contributed by atoms with Crippen molar-refractivity contribution in [1.29, 1.82) is 0 Å². The highest BCUT2D eigenvalue weighted by molar-refractivity contribution is 14.1. The molecule has 2 nitrogen and oxygen atoms in total. The van der Waals surface area contributed by atoms with Crippen LogP contribution in [-0.2, 0) is 0 Å². The van der Waals surface area contributed by atoms with Crippen molar-refractivity contribution in [3.05, 3.63) is 21.1 Å². The maximum atomic E-state index is 9.63. The van der Waals surface area contributed by atoms with E-state index >= 15 is 0 Å². The first-order valence-corrected chi connectivity index (χ1v) is 6.15. The third-order valence-electron chi connectivity index (χ3n) is 1.88. The van der Waals surface area contributed by atoms with Gasteiger partial charge in [0.2, 0.25) is 0 Å². The molecule has 14 heavy (non-hydrogen) atoms. The molecule has 0 unspecified atom stereocenters. The number of hydrogen-bond donors (Lipinski definition) is 1. The fourth-order valence-corrected chi connectivity index (χ4v) is 3.20. The molecule has 0 fully saturated rings. The Balaban J connectivity index is 2.68. The van der Waals surface area contributed by atoms with Crippen molar-refractivity contribution in [2.75, 3.05) is 6.61 Å². The van der Waals surface area contributed by atoms with Gasteiger partial charge in [-0.05, 0) is 53.1 Å². The Morgan fingerprint density at radius 3 is 3.00 bits per heavy atom. The molecule has 0 aliphatic rings. The Hall–Kier alpha value is -0.490. The molecule has 1 aromatic carbocycles. The van der Waals surface area contributed by atoms with Crippen LogP contribution in [0.3, 0.4) is 0 Å². The van der Waals surface area contributed by atoms with Gasteiger partial charge in [-0.25, -0.2) is 0 Å². The van der Waals surface area contributed by atoms with Gasteiger partial charge in [0.15, 0.2) is 11.5 Å². The summed E-state index contributed by atoms with van der Waals surface area (Å²) in [4.78, 5) is 0. The second-order valence-electron chi connectivity index (χ2n) is 2.82. The molecule has 0 atom stereocenters. The quantitative estimate of drug-likeness (QED) is 0.857. The standard InChI is InChI=1S/C10H9IO2S/c1-2-13-9-7(12)4-3-6-5-8(11)14-10(6)9/h3-5,12H,2H2,1H3. The van der Waals surface area contributed by atoms with Crippen LogP contribution in [0.15, 0.2) is 18.2 Å². The zero-order valence-electron chi connectivity index (χ0n) is 7.58. The summed E-state index contributed by atoms with van der Waals surface area (Å²) in [6.07, 6.45) is 0. The molecule has 0 aliphatic heterocycles. The van der Waals surface area contributed by atoms with Gasteiger partial charge in [-0.1, -0.05) is 0 Å². The van der Waals surface area contributed by atoms with Crippen molar-refractivity contribution in [3.8, 4) is 11.5 Å². The SMILES string of the molecule is CCOc1c(O)ccc2cc(I)sc12. The predicted molar refractivity (Wildman–Crippen MR) is 67.4 cm³/mol. The largest absolute Gasteiger partial charge is 0.504 e. The Morgan fingerprint density at radius 2 is 2.29 bits per heavy atom. The highest BCUT2D eigenvalue weighted by atomic mass is 127. The van der Waals surface area contributed by atoms with E-state index in [2.05, 4.69) is 28.7 Å². The monoisotopic (exact) mass is 320 g/mol. The molecule has 0 saturated heterocycles. The fraction of sp³-hybridized carbons (Fsp3) is 0.200. The van der Waals surface area contributed by atoms with Crippen molar-refractivity contribution in [2.24, 2.45) is 0 Å². The van der Waals surface area contributed by atoms with Crippen LogP contribution in [0.2, 0.25) is 0 Å². The van der Waals surface area contributed by atoms with Crippen LogP contribution in [0.1, 0.15) is 6.92 Å². The highest BCUT2D eigenvalue weighted by Gasteiger charge is 2.10. The van der Waals surface area contributed by atoms with Crippen LogP contribution in [0.25, 0.3) is 10.1 Å². The molecule has 0 aliphatic carbocycles. The van der Waals surface area contributed by atoms with E-state index in [9.17, 15) is 5.11 Å². The molecule has 0 bridgehead atoms. The zero-order valence-corrected chi connectivity index (χ0v) is 10.6. The van der Waals surface area contributed by atoms with Crippen LogP contribution in [0, 0.1) is 2.88 Å². The first kappa shape index (κ1) is 10.0. The minimum Gasteiger partial charge on any atom is -0.504 e. The Morgan fingerprint density at radius 1 is 1.50 bits per heavy atom. The van der Waals surface area contributed by atoms with Crippen LogP contribution < -0.4 is 4.74 Å². The molecule has 0 saturated carbocycles. The van der Waals surface area contributed by atoms with Crippen molar-refractivity contribution < 1.29 is 9.84 Å². The minimum atomic E-state index is 0.220. The topological polar surface area (TPSA) is 29.5 Å². The molecule has 1 heterocycles. The molecule has 0 amide bonds. The number of ether oxygens (including phenoxy) is 1. The van der Waals surface area contributed by atoms with Gasteiger partial charge >= 0.3 is 0 Å². The number of rotatable bonds is 2. The van der Waals surface area contributed by atoms with Crippen molar-refractivity contribution in [2.45, 2.75) is 6.92 Å². The van der Waals surface area contributed by atoms with Gasteiger partial charge < -0.3 is 9.84 Å². The molecule has 0 radical (unpaired) electrons. The van der Waals surface area contributed by atoms with E-state index in [-0.39, 0.29) is 5.75 Å². The summed E-state index contributed by atoms with van der Waals surface area (Å²) >= 11 is 3.91. The molecule has 74 valence electrons. The average molecular weight is 320 g/mol. The summed E-state index contributed by atoms with van der Waals surface area (Å²) < 4.78 is 7.64. The lowest BCUT2D eigenvalue weighted by Gasteiger charge is -2.05. The molecule has 2 rings (SSSR count). The van der Waals surface area contributed by atoms with E-state index in [1.165, 1.54) is 2.88 Å². The van der Waals surface area contributed by atoms with Crippen LogP contribution >= 0.6 is 33.9 Å². The first-order chi connectivity index (χ1) is 6.72. The van der Waals surface area contributed by atoms with Gasteiger partial charge in [0.1, 0.15) is 0 Å². The van der Waals surface area contributed by atoms with Gasteiger partial charge in [-0.15, -0.1) is 11.3 Å². The summed E-state index contributed by atoms with van der Waals surface area (Å²) in [5.74, 6) is 0.829. The maximum Gasteiger partial charge on any atom is 0.178 e. The Labute approximate surface area is 99.7 Å². The number of aromatic hydroxyl groups is 1. The molecule has 1 aromatic heterocycles. The molecule has 1 N–H and O–H groups in total. The van der Waals surface area contributed by atoms with Gasteiger partial charge in [0.25, 0.3) is 0 Å². The number of halogens is 1. The van der Waals surface area contributed by atoms with Crippen molar-refractivity contribution in [1.82, 2.24) is 0 Å². The van der Waals surface area contributed by atoms with Crippen molar-refractivity contribution in [3.63, 3.8) is 0 Å². The zero-order chi connectivity index (χ0) is 10.1. The predicted octanol–water partition coefficient (Wildman–Crippen LogP) is 3.61. The molecule has 0 spiro atoms. The van der Waals surface area contributed by atoms with Gasteiger partial charge in [-0.3, -0.25) is 0 Å². The third kappa shape index (κ3) is 1.68. The summed E-state index contributed by atoms with van der Waals surface area (Å²) in [6, 6.07) is 5.67. The number of thiophene rings is 1. The number of hydrogen-bond acceptors (Lipinski definition) is 3. The Kier molecular flexibility index (Phi) is 2.83. The summed E-state index contributed by atoms with van der Waals surface area (Å²) in [7, 11) is 0. The lowest BCUT2D eigenvalue weighted by Crippen LogP contribution is -1.91. The second kappa shape index (κ2) is 3.94. The van der Waals surface area contributed by atoms with Gasteiger partial charge in [-0.2, -0.15) is 0 Å². The normalized spacial score (nSPS) is 10.7. The van der Waals surface area contributed by atoms with E-state index in [1.54, 1.807) is 17.4 Å². The number of fused-ring (bicyclic) bond motifs is 1. The van der Waals surface area contributed by atoms with Crippen LogP contribution in [0.4, 0.5) is 0 Å². The van der Waals surface area contributed by atoms with Crippen LogP contribution in [0.5, 0.6) is 11.5 Å². The number of phenols is 1. The number of benzene rings is 1. The number of phenolic OH excluding ortho intramolecular Hbond substituents is 1. The third-order valence-corrected chi connectivity index (χ3v) is 3.79. The minimum absolute atomic E-state index is 0.220. The lowest BCUT2D eigenvalue weighted by molar-refractivity contribution is 0.323.